The Bertz CT molecular complexity index is 1350. The Labute approximate surface area is 226 Å². The van der Waals surface area contributed by atoms with Gasteiger partial charge in [0.1, 0.15) is 11.6 Å². The molecule has 3 amide bonds. The lowest BCUT2D eigenvalue weighted by molar-refractivity contribution is -0.109. The van der Waals surface area contributed by atoms with Gasteiger partial charge in [-0.15, -0.1) is 0 Å². The first-order valence-corrected chi connectivity index (χ1v) is 12.6. The number of hydrogen-bond acceptors (Lipinski definition) is 6. The van der Waals surface area contributed by atoms with Crippen molar-refractivity contribution >= 4 is 17.6 Å². The number of ether oxygens (including phenoxy) is 4. The van der Waals surface area contributed by atoms with E-state index in [0.29, 0.717) is 60.2 Å². The highest BCUT2D eigenvalue weighted by molar-refractivity contribution is 5.98. The van der Waals surface area contributed by atoms with E-state index < -0.39 is 5.72 Å². The van der Waals surface area contributed by atoms with E-state index in [1.54, 1.807) is 52.3 Å². The number of hydrogen-bond donors (Lipinski definition) is 1. The second-order valence-corrected chi connectivity index (χ2v) is 9.39. The maximum atomic E-state index is 13.6. The molecule has 1 spiro atoms. The van der Waals surface area contributed by atoms with Crippen molar-refractivity contribution in [3.8, 4) is 23.0 Å². The van der Waals surface area contributed by atoms with Crippen molar-refractivity contribution in [1.82, 2.24) is 9.80 Å². The van der Waals surface area contributed by atoms with Gasteiger partial charge in [-0.25, -0.2) is 9.18 Å². The molecule has 0 unspecified atom stereocenters. The fourth-order valence-electron chi connectivity index (χ4n) is 5.10. The van der Waals surface area contributed by atoms with Crippen LogP contribution >= 0.6 is 0 Å². The molecule has 0 bridgehead atoms. The Morgan fingerprint density at radius 1 is 0.974 bits per heavy atom. The molecule has 2 heterocycles. The first-order valence-electron chi connectivity index (χ1n) is 12.6. The van der Waals surface area contributed by atoms with E-state index in [2.05, 4.69) is 5.32 Å². The van der Waals surface area contributed by atoms with Crippen LogP contribution in [0.3, 0.4) is 0 Å². The number of nitrogens with zero attached hydrogens (tertiary/aromatic N) is 2. The van der Waals surface area contributed by atoms with Gasteiger partial charge in [-0.1, -0.05) is 24.3 Å². The number of rotatable bonds is 6. The lowest BCUT2D eigenvalue weighted by atomic mass is 9.93. The highest BCUT2D eigenvalue weighted by atomic mass is 19.1. The van der Waals surface area contributed by atoms with Crippen molar-refractivity contribution in [1.29, 1.82) is 0 Å². The van der Waals surface area contributed by atoms with Crippen molar-refractivity contribution in [2.45, 2.75) is 25.1 Å². The topological polar surface area (TPSA) is 89.6 Å². The maximum absolute atomic E-state index is 13.6. The molecule has 3 aromatic carbocycles. The second kappa shape index (κ2) is 10.7. The number of fused-ring (bicyclic) bond motifs is 1. The molecule has 39 heavy (non-hydrogen) atoms. The van der Waals surface area contributed by atoms with Gasteiger partial charge in [0.25, 0.3) is 5.91 Å². The zero-order chi connectivity index (χ0) is 27.6. The number of piperidine rings is 1. The van der Waals surface area contributed by atoms with E-state index in [1.165, 1.54) is 33.5 Å². The molecule has 2 aliphatic rings. The third kappa shape index (κ3) is 5.01. The Balaban J connectivity index is 1.35. The van der Waals surface area contributed by atoms with E-state index >= 15 is 0 Å². The van der Waals surface area contributed by atoms with Crippen LogP contribution in [0.5, 0.6) is 23.0 Å². The molecule has 1 saturated heterocycles. The number of anilines is 1. The van der Waals surface area contributed by atoms with Gasteiger partial charge in [-0.3, -0.25) is 9.69 Å². The fourth-order valence-corrected chi connectivity index (χ4v) is 5.10. The predicted octanol–water partition coefficient (Wildman–Crippen LogP) is 4.91. The molecule has 1 fully saturated rings. The lowest BCUT2D eigenvalue weighted by Gasteiger charge is -2.50. The molecule has 1 N–H and O–H groups in total. The molecule has 0 atom stereocenters. The molecule has 3 aromatic rings. The summed E-state index contributed by atoms with van der Waals surface area (Å²) in [5, 5.41) is 2.90. The maximum Gasteiger partial charge on any atom is 0.321 e. The molecular weight excluding hydrogens is 505 g/mol. The first kappa shape index (κ1) is 26.1. The van der Waals surface area contributed by atoms with Gasteiger partial charge < -0.3 is 29.2 Å². The minimum absolute atomic E-state index is 0.156. The number of carbonyl (C=O) groups is 2. The minimum atomic E-state index is -0.941. The smallest absolute Gasteiger partial charge is 0.321 e. The summed E-state index contributed by atoms with van der Waals surface area (Å²) in [4.78, 5) is 30.2. The number of amides is 3. The molecule has 5 rings (SSSR count). The van der Waals surface area contributed by atoms with E-state index in [0.717, 1.165) is 5.56 Å². The Morgan fingerprint density at radius 3 is 2.23 bits per heavy atom. The van der Waals surface area contributed by atoms with Gasteiger partial charge >= 0.3 is 6.03 Å². The molecule has 9 nitrogen and oxygen atoms in total. The number of para-hydroxylation sites is 1. The van der Waals surface area contributed by atoms with Crippen molar-refractivity contribution in [3.63, 3.8) is 0 Å². The number of halogens is 1. The van der Waals surface area contributed by atoms with E-state index in [1.807, 2.05) is 6.07 Å². The monoisotopic (exact) mass is 535 g/mol. The number of benzene rings is 3. The average molecular weight is 536 g/mol. The van der Waals surface area contributed by atoms with Crippen molar-refractivity contribution in [2.24, 2.45) is 0 Å². The summed E-state index contributed by atoms with van der Waals surface area (Å²) < 4.78 is 36.1. The summed E-state index contributed by atoms with van der Waals surface area (Å²) in [6.07, 6.45) is 0.799. The number of nitrogens with one attached hydrogen (secondary N) is 1. The summed E-state index contributed by atoms with van der Waals surface area (Å²) in [5.41, 5.74) is 0.816. The first-order chi connectivity index (χ1) is 18.9. The normalized spacial score (nSPS) is 15.8. The summed E-state index contributed by atoms with van der Waals surface area (Å²) >= 11 is 0. The molecule has 0 radical (unpaired) electrons. The fraction of sp³-hybridized carbons (Fsp3) is 0.310. The van der Waals surface area contributed by atoms with Crippen molar-refractivity contribution in [3.05, 3.63) is 77.6 Å². The summed E-state index contributed by atoms with van der Waals surface area (Å²) in [6.45, 7) is 0.961. The van der Waals surface area contributed by atoms with Crippen LogP contribution in [0.2, 0.25) is 0 Å². The van der Waals surface area contributed by atoms with Crippen LogP contribution in [0.4, 0.5) is 14.9 Å². The molecule has 0 saturated carbocycles. The van der Waals surface area contributed by atoms with E-state index in [4.69, 9.17) is 18.9 Å². The summed E-state index contributed by atoms with van der Waals surface area (Å²) in [6, 6.07) is 16.3. The van der Waals surface area contributed by atoms with Crippen LogP contribution in [0.1, 0.15) is 28.8 Å². The van der Waals surface area contributed by atoms with Crippen LogP contribution in [-0.2, 0) is 6.54 Å². The van der Waals surface area contributed by atoms with Crippen LogP contribution in [0, 0.1) is 5.82 Å². The highest BCUT2D eigenvalue weighted by Gasteiger charge is 2.49. The Kier molecular flexibility index (Phi) is 7.19. The third-order valence-corrected chi connectivity index (χ3v) is 7.16. The number of carbonyl (C=O) groups excluding carboxylic acids is 2. The summed E-state index contributed by atoms with van der Waals surface area (Å²) in [5.74, 6) is 1.30. The molecule has 0 aliphatic carbocycles. The van der Waals surface area contributed by atoms with Gasteiger partial charge in [-0.05, 0) is 29.8 Å². The van der Waals surface area contributed by atoms with Crippen LogP contribution in [0.15, 0.2) is 60.7 Å². The third-order valence-electron chi connectivity index (χ3n) is 7.16. The van der Waals surface area contributed by atoms with Crippen molar-refractivity contribution < 1.29 is 32.9 Å². The van der Waals surface area contributed by atoms with Gasteiger partial charge in [0, 0.05) is 44.6 Å². The number of urea groups is 1. The Morgan fingerprint density at radius 2 is 1.62 bits per heavy atom. The second-order valence-electron chi connectivity index (χ2n) is 9.39. The predicted molar refractivity (Wildman–Crippen MR) is 142 cm³/mol. The van der Waals surface area contributed by atoms with Gasteiger partial charge in [0.2, 0.25) is 5.75 Å². The van der Waals surface area contributed by atoms with Gasteiger partial charge in [0.15, 0.2) is 17.2 Å². The molecule has 0 aromatic heterocycles. The minimum Gasteiger partial charge on any atom is -0.493 e. The van der Waals surface area contributed by atoms with E-state index in [9.17, 15) is 14.0 Å². The van der Waals surface area contributed by atoms with Crippen LogP contribution in [0.25, 0.3) is 0 Å². The van der Waals surface area contributed by atoms with Gasteiger partial charge in [-0.2, -0.15) is 0 Å². The van der Waals surface area contributed by atoms with Crippen LogP contribution in [-0.4, -0.2) is 61.9 Å². The van der Waals surface area contributed by atoms with Crippen LogP contribution < -0.4 is 24.3 Å². The zero-order valence-electron chi connectivity index (χ0n) is 22.0. The number of likely N-dealkylation sites (tertiary alicyclic amines) is 1. The standard InChI is InChI=1S/C29H30FN3O6/c1-36-24-16-21(17-25(37-2)26(24)38-3)31-28(35)32-14-12-29(13-15-32)33(18-19-8-10-20(30)11-9-19)27(34)22-6-4-5-7-23(22)39-29/h4-11,16-17H,12-15,18H2,1-3H3,(H,31,35). The van der Waals surface area contributed by atoms with Crippen molar-refractivity contribution in [2.75, 3.05) is 39.7 Å². The molecule has 10 heteroatoms. The highest BCUT2D eigenvalue weighted by Crippen LogP contribution is 2.42. The number of methoxy groups -OCH3 is 3. The average Bonchev–Trinajstić information content (AvgIpc) is 2.96. The van der Waals surface area contributed by atoms with Gasteiger partial charge in [0.05, 0.1) is 32.6 Å². The Hall–Kier alpha value is -4.47. The molecule has 2 aliphatic heterocycles. The molecular formula is C29H30FN3O6. The zero-order valence-corrected chi connectivity index (χ0v) is 22.0. The van der Waals surface area contributed by atoms with E-state index in [-0.39, 0.29) is 24.3 Å². The molecule has 204 valence electrons. The SMILES string of the molecule is COc1cc(NC(=O)N2CCC3(CC2)Oc2ccccc2C(=O)N3Cc2ccc(F)cc2)cc(OC)c1OC. The largest absolute Gasteiger partial charge is 0.493 e. The lowest BCUT2D eigenvalue weighted by Crippen LogP contribution is -2.63. The quantitative estimate of drug-likeness (QED) is 0.483. The summed E-state index contributed by atoms with van der Waals surface area (Å²) in [7, 11) is 4.53.